The number of rotatable bonds is 2. The van der Waals surface area contributed by atoms with Gasteiger partial charge in [0, 0.05) is 24.4 Å². The van der Waals surface area contributed by atoms with Gasteiger partial charge in [0.05, 0.1) is 5.69 Å². The highest BCUT2D eigenvalue weighted by Crippen LogP contribution is 2.37. The Balaban J connectivity index is 1.77. The predicted octanol–water partition coefficient (Wildman–Crippen LogP) is 0.762. The molecule has 1 unspecified atom stereocenters. The molecule has 1 saturated heterocycles. The molecule has 1 atom stereocenters. The first-order valence-corrected chi connectivity index (χ1v) is 7.01. The third-order valence-corrected chi connectivity index (χ3v) is 4.05. The van der Waals surface area contributed by atoms with E-state index in [-0.39, 0.29) is 5.56 Å². The highest BCUT2D eigenvalue weighted by atomic mass is 16.1. The maximum Gasteiger partial charge on any atom is 0.274 e. The van der Waals surface area contributed by atoms with Gasteiger partial charge in [-0.05, 0) is 32.2 Å². The quantitative estimate of drug-likeness (QED) is 0.835. The molecule has 6 nitrogen and oxygen atoms in total. The van der Waals surface area contributed by atoms with Crippen molar-refractivity contribution < 1.29 is 0 Å². The van der Waals surface area contributed by atoms with Crippen molar-refractivity contribution in [2.45, 2.75) is 37.5 Å². The summed E-state index contributed by atoms with van der Waals surface area (Å²) in [4.78, 5) is 21.2. The fraction of sp³-hybridized carbons (Fsp3) is 0.615. The van der Waals surface area contributed by atoms with Gasteiger partial charge in [-0.3, -0.25) is 9.89 Å². The molecular weight excluding hydrogens is 242 g/mol. The van der Waals surface area contributed by atoms with Crippen LogP contribution in [-0.4, -0.2) is 32.7 Å². The molecule has 0 bridgehead atoms. The Bertz CT molecular complexity index is 663. The summed E-state index contributed by atoms with van der Waals surface area (Å²) in [6.45, 7) is 1.97. The number of H-pyrrole nitrogens is 1. The normalized spacial score (nSPS) is 23.9. The van der Waals surface area contributed by atoms with Crippen molar-refractivity contribution in [1.29, 1.82) is 0 Å². The second-order valence-electron chi connectivity index (χ2n) is 5.58. The number of piperidine rings is 1. The third kappa shape index (κ3) is 1.96. The van der Waals surface area contributed by atoms with Crippen LogP contribution in [0, 0.1) is 0 Å². The number of nitrogens with zero attached hydrogens (tertiary/aromatic N) is 3. The molecule has 4 rings (SSSR count). The van der Waals surface area contributed by atoms with E-state index in [1.165, 1.54) is 4.52 Å². The largest absolute Gasteiger partial charge is 0.316 e. The fourth-order valence-electron chi connectivity index (χ4n) is 2.77. The van der Waals surface area contributed by atoms with Gasteiger partial charge in [-0.15, -0.1) is 0 Å². The number of aromatic amines is 1. The Hall–Kier alpha value is -1.69. The summed E-state index contributed by atoms with van der Waals surface area (Å²) in [6, 6.07) is 1.65. The van der Waals surface area contributed by atoms with E-state index in [2.05, 4.69) is 20.4 Å². The highest BCUT2D eigenvalue weighted by Gasteiger charge is 2.28. The fourth-order valence-corrected chi connectivity index (χ4v) is 2.77. The molecule has 1 aliphatic carbocycles. The molecule has 19 heavy (non-hydrogen) atoms. The van der Waals surface area contributed by atoms with Crippen molar-refractivity contribution in [2.24, 2.45) is 0 Å². The lowest BCUT2D eigenvalue weighted by molar-refractivity contribution is 0.454. The Morgan fingerprint density at radius 1 is 1.21 bits per heavy atom. The molecule has 0 amide bonds. The Kier molecular flexibility index (Phi) is 2.44. The van der Waals surface area contributed by atoms with Crippen molar-refractivity contribution in [3.63, 3.8) is 0 Å². The minimum atomic E-state index is -0.0510. The molecule has 3 heterocycles. The first-order valence-electron chi connectivity index (χ1n) is 7.01. The summed E-state index contributed by atoms with van der Waals surface area (Å²) in [5, 5.41) is 6.43. The van der Waals surface area contributed by atoms with Crippen LogP contribution in [0.4, 0.5) is 0 Å². The maximum atomic E-state index is 12.1. The minimum absolute atomic E-state index is 0.0510. The predicted molar refractivity (Wildman–Crippen MR) is 70.4 cm³/mol. The topological polar surface area (TPSA) is 75.1 Å². The van der Waals surface area contributed by atoms with E-state index in [9.17, 15) is 4.79 Å². The molecule has 2 aromatic heterocycles. The van der Waals surface area contributed by atoms with Crippen LogP contribution >= 0.6 is 0 Å². The molecule has 2 fully saturated rings. The zero-order valence-corrected chi connectivity index (χ0v) is 10.7. The monoisotopic (exact) mass is 259 g/mol. The number of fused-ring (bicyclic) bond motifs is 1. The second-order valence-corrected chi connectivity index (χ2v) is 5.58. The Morgan fingerprint density at radius 3 is 2.84 bits per heavy atom. The first kappa shape index (κ1) is 11.2. The molecule has 1 saturated carbocycles. The van der Waals surface area contributed by atoms with E-state index in [0.29, 0.717) is 17.6 Å². The smallest absolute Gasteiger partial charge is 0.274 e. The maximum absolute atomic E-state index is 12.1. The first-order chi connectivity index (χ1) is 9.31. The van der Waals surface area contributed by atoms with Gasteiger partial charge < -0.3 is 5.32 Å². The van der Waals surface area contributed by atoms with Crippen LogP contribution in [0.2, 0.25) is 0 Å². The van der Waals surface area contributed by atoms with E-state index < -0.39 is 0 Å². The minimum Gasteiger partial charge on any atom is -0.316 e. The number of nitrogens with one attached hydrogen (secondary N) is 2. The summed E-state index contributed by atoms with van der Waals surface area (Å²) in [7, 11) is 0. The zero-order chi connectivity index (χ0) is 12.8. The van der Waals surface area contributed by atoms with Gasteiger partial charge in [-0.2, -0.15) is 9.50 Å². The van der Waals surface area contributed by atoms with Gasteiger partial charge in [0.2, 0.25) is 0 Å². The molecule has 2 N–H and O–H groups in total. The van der Waals surface area contributed by atoms with Crippen LogP contribution in [0.1, 0.15) is 49.0 Å². The van der Waals surface area contributed by atoms with Gasteiger partial charge in [-0.1, -0.05) is 0 Å². The zero-order valence-electron chi connectivity index (χ0n) is 10.7. The molecule has 2 aliphatic rings. The average molecular weight is 259 g/mol. The van der Waals surface area contributed by atoms with Gasteiger partial charge in [0.25, 0.3) is 11.3 Å². The second kappa shape index (κ2) is 4.16. The highest BCUT2D eigenvalue weighted by molar-refractivity contribution is 5.31. The molecule has 6 heteroatoms. The van der Waals surface area contributed by atoms with Crippen molar-refractivity contribution in [3.05, 3.63) is 27.9 Å². The molecule has 0 aromatic carbocycles. The SMILES string of the molecule is O=c1cc(C2CCCNC2)nc2nc(C3CC3)[nH]n12. The summed E-state index contributed by atoms with van der Waals surface area (Å²) in [5.74, 6) is 2.27. The lowest BCUT2D eigenvalue weighted by Gasteiger charge is -2.21. The van der Waals surface area contributed by atoms with Crippen LogP contribution in [-0.2, 0) is 0 Å². The van der Waals surface area contributed by atoms with Gasteiger partial charge in [0.15, 0.2) is 0 Å². The van der Waals surface area contributed by atoms with Crippen LogP contribution in [0.5, 0.6) is 0 Å². The van der Waals surface area contributed by atoms with E-state index in [1.807, 2.05) is 0 Å². The van der Waals surface area contributed by atoms with E-state index in [1.54, 1.807) is 6.07 Å². The Labute approximate surface area is 110 Å². The average Bonchev–Trinajstić information content (AvgIpc) is 3.20. The van der Waals surface area contributed by atoms with Crippen LogP contribution in [0.3, 0.4) is 0 Å². The number of hydrogen-bond donors (Lipinski definition) is 2. The molecule has 2 aromatic rings. The van der Waals surface area contributed by atoms with Crippen LogP contribution < -0.4 is 10.9 Å². The standard InChI is InChI=1S/C13H17N5O/c19-11-6-10(9-2-1-5-14-7-9)15-13-16-12(8-3-4-8)17-18(11)13/h6,8-9,14H,1-5,7H2,(H,15,16,17). The summed E-state index contributed by atoms with van der Waals surface area (Å²) < 4.78 is 1.47. The van der Waals surface area contributed by atoms with E-state index in [4.69, 9.17) is 0 Å². The summed E-state index contributed by atoms with van der Waals surface area (Å²) in [6.07, 6.45) is 4.55. The molecule has 100 valence electrons. The van der Waals surface area contributed by atoms with Crippen molar-refractivity contribution in [1.82, 2.24) is 24.9 Å². The molecule has 1 aliphatic heterocycles. The third-order valence-electron chi connectivity index (χ3n) is 4.05. The van der Waals surface area contributed by atoms with Crippen LogP contribution in [0.25, 0.3) is 5.78 Å². The lowest BCUT2D eigenvalue weighted by Crippen LogP contribution is -2.30. The van der Waals surface area contributed by atoms with Crippen molar-refractivity contribution >= 4 is 5.78 Å². The van der Waals surface area contributed by atoms with Gasteiger partial charge in [-0.25, -0.2) is 4.98 Å². The number of hydrogen-bond acceptors (Lipinski definition) is 4. The number of aromatic nitrogens is 4. The van der Waals surface area contributed by atoms with E-state index in [0.717, 1.165) is 50.3 Å². The van der Waals surface area contributed by atoms with Crippen LogP contribution in [0.15, 0.2) is 10.9 Å². The van der Waals surface area contributed by atoms with Crippen molar-refractivity contribution in [2.75, 3.05) is 13.1 Å². The summed E-state index contributed by atoms with van der Waals surface area (Å²) in [5.41, 5.74) is 0.830. The Morgan fingerprint density at radius 2 is 2.11 bits per heavy atom. The molecular formula is C13H17N5O. The summed E-state index contributed by atoms with van der Waals surface area (Å²) >= 11 is 0. The molecule has 0 spiro atoms. The van der Waals surface area contributed by atoms with Gasteiger partial charge in [0.1, 0.15) is 5.82 Å². The van der Waals surface area contributed by atoms with E-state index >= 15 is 0 Å². The molecule has 0 radical (unpaired) electrons. The lowest BCUT2D eigenvalue weighted by atomic mass is 9.96. The van der Waals surface area contributed by atoms with Crippen molar-refractivity contribution in [3.8, 4) is 0 Å². The van der Waals surface area contributed by atoms with Gasteiger partial charge >= 0.3 is 0 Å².